The van der Waals surface area contributed by atoms with Crippen molar-refractivity contribution in [3.8, 4) is 17.2 Å². The van der Waals surface area contributed by atoms with E-state index in [1.807, 2.05) is 0 Å². The molecule has 0 unspecified atom stereocenters. The lowest BCUT2D eigenvalue weighted by Crippen LogP contribution is -2.16. The van der Waals surface area contributed by atoms with Crippen LogP contribution in [-0.4, -0.2) is 24.8 Å². The Hall–Kier alpha value is -2.70. The number of ether oxygens (including phenoxy) is 2. The van der Waals surface area contributed by atoms with E-state index < -0.39 is 6.36 Å². The molecule has 0 fully saturated rings. The minimum absolute atomic E-state index is 0.00769. The smallest absolute Gasteiger partial charge is 0.504 e. The predicted octanol–water partition coefficient (Wildman–Crippen LogP) is 4.05. The number of aromatic hydroxyl groups is 1. The molecule has 22 heavy (non-hydrogen) atoms. The summed E-state index contributed by atoms with van der Waals surface area (Å²) < 4.78 is 44.8. The Kier molecular flexibility index (Phi) is 4.55. The minimum atomic E-state index is -4.71. The number of aliphatic imine (C=N–C) groups is 1. The first kappa shape index (κ1) is 15.7. The van der Waals surface area contributed by atoms with Gasteiger partial charge in [-0.2, -0.15) is 0 Å². The van der Waals surface area contributed by atoms with E-state index in [0.29, 0.717) is 17.0 Å². The van der Waals surface area contributed by atoms with Crippen LogP contribution in [0.2, 0.25) is 0 Å². The fraction of sp³-hybridized carbons (Fsp3) is 0.133. The topological polar surface area (TPSA) is 51.0 Å². The number of alkyl halides is 3. The molecule has 0 aliphatic heterocycles. The molecule has 2 aromatic carbocycles. The lowest BCUT2D eigenvalue weighted by molar-refractivity contribution is -0.274. The molecular formula is C15H12F3NO3. The monoisotopic (exact) mass is 311 g/mol. The number of phenols is 1. The third kappa shape index (κ3) is 4.41. The number of rotatable bonds is 4. The maximum Gasteiger partial charge on any atom is 0.573 e. The highest BCUT2D eigenvalue weighted by Gasteiger charge is 2.30. The number of halogens is 3. The molecule has 1 N–H and O–H groups in total. The standard InChI is InChI=1S/C15H12F3NO3/c1-21-14-8-10(2-7-13(14)20)9-19-11-3-5-12(6-4-11)22-15(16,17)18/h2-9,20H,1H3. The summed E-state index contributed by atoms with van der Waals surface area (Å²) >= 11 is 0. The van der Waals surface area contributed by atoms with E-state index >= 15 is 0 Å². The zero-order valence-electron chi connectivity index (χ0n) is 11.5. The van der Waals surface area contributed by atoms with E-state index in [4.69, 9.17) is 4.74 Å². The molecule has 0 amide bonds. The first-order valence-electron chi connectivity index (χ1n) is 6.14. The van der Waals surface area contributed by atoms with E-state index in [9.17, 15) is 18.3 Å². The summed E-state index contributed by atoms with van der Waals surface area (Å²) in [4.78, 5) is 4.12. The molecule has 0 bridgehead atoms. The molecule has 0 radical (unpaired) electrons. The summed E-state index contributed by atoms with van der Waals surface area (Å²) in [5.41, 5.74) is 1.13. The number of methoxy groups -OCH3 is 1. The largest absolute Gasteiger partial charge is 0.573 e. The van der Waals surface area contributed by atoms with Crippen molar-refractivity contribution >= 4 is 11.9 Å². The van der Waals surface area contributed by atoms with Crippen LogP contribution in [-0.2, 0) is 0 Å². The van der Waals surface area contributed by atoms with Gasteiger partial charge in [0.05, 0.1) is 12.8 Å². The van der Waals surface area contributed by atoms with E-state index in [2.05, 4.69) is 9.73 Å². The zero-order valence-corrected chi connectivity index (χ0v) is 11.5. The Balaban J connectivity index is 2.10. The van der Waals surface area contributed by atoms with Crippen molar-refractivity contribution in [2.45, 2.75) is 6.36 Å². The molecular weight excluding hydrogens is 299 g/mol. The van der Waals surface area contributed by atoms with Crippen LogP contribution in [0.1, 0.15) is 5.56 Å². The summed E-state index contributed by atoms with van der Waals surface area (Å²) in [5.74, 6) is 0.00364. The van der Waals surface area contributed by atoms with Crippen LogP contribution in [0, 0.1) is 0 Å². The van der Waals surface area contributed by atoms with Gasteiger partial charge in [-0.05, 0) is 48.0 Å². The molecule has 0 saturated carbocycles. The van der Waals surface area contributed by atoms with Crippen molar-refractivity contribution in [3.63, 3.8) is 0 Å². The second-order valence-electron chi connectivity index (χ2n) is 4.23. The van der Waals surface area contributed by atoms with Crippen LogP contribution in [0.5, 0.6) is 17.2 Å². The average Bonchev–Trinajstić information content (AvgIpc) is 2.46. The second-order valence-corrected chi connectivity index (χ2v) is 4.23. The van der Waals surface area contributed by atoms with Gasteiger partial charge in [0.2, 0.25) is 0 Å². The number of nitrogens with zero attached hydrogens (tertiary/aromatic N) is 1. The first-order chi connectivity index (χ1) is 10.4. The van der Waals surface area contributed by atoms with E-state index in [1.165, 1.54) is 43.7 Å². The van der Waals surface area contributed by atoms with Crippen molar-refractivity contribution in [3.05, 3.63) is 48.0 Å². The van der Waals surface area contributed by atoms with Gasteiger partial charge in [0.25, 0.3) is 0 Å². The molecule has 4 nitrogen and oxygen atoms in total. The predicted molar refractivity (Wildman–Crippen MR) is 75.0 cm³/mol. The van der Waals surface area contributed by atoms with E-state index in [1.54, 1.807) is 12.1 Å². The summed E-state index contributed by atoms with van der Waals surface area (Å²) in [6.45, 7) is 0. The van der Waals surface area contributed by atoms with Crippen molar-refractivity contribution in [1.82, 2.24) is 0 Å². The number of hydrogen-bond acceptors (Lipinski definition) is 4. The molecule has 0 aromatic heterocycles. The molecule has 0 heterocycles. The van der Waals surface area contributed by atoms with Crippen LogP contribution in [0.3, 0.4) is 0 Å². The van der Waals surface area contributed by atoms with E-state index in [0.717, 1.165) is 0 Å². The van der Waals surface area contributed by atoms with Gasteiger partial charge in [-0.1, -0.05) is 0 Å². The second kappa shape index (κ2) is 6.38. The Labute approximate surface area is 124 Å². The van der Waals surface area contributed by atoms with Gasteiger partial charge >= 0.3 is 6.36 Å². The third-order valence-corrected chi connectivity index (χ3v) is 2.64. The minimum Gasteiger partial charge on any atom is -0.504 e. The van der Waals surface area contributed by atoms with E-state index in [-0.39, 0.29) is 11.5 Å². The van der Waals surface area contributed by atoms with Crippen molar-refractivity contribution in [2.24, 2.45) is 4.99 Å². The average molecular weight is 311 g/mol. The van der Waals surface area contributed by atoms with Crippen LogP contribution < -0.4 is 9.47 Å². The van der Waals surface area contributed by atoms with Gasteiger partial charge in [0.15, 0.2) is 11.5 Å². The normalized spacial score (nSPS) is 11.6. The lowest BCUT2D eigenvalue weighted by Gasteiger charge is -2.08. The quantitative estimate of drug-likeness (QED) is 0.867. The van der Waals surface area contributed by atoms with Crippen molar-refractivity contribution in [1.29, 1.82) is 0 Å². The Morgan fingerprint density at radius 1 is 1.09 bits per heavy atom. The van der Waals surface area contributed by atoms with Crippen LogP contribution >= 0.6 is 0 Å². The Morgan fingerprint density at radius 3 is 2.36 bits per heavy atom. The molecule has 7 heteroatoms. The molecule has 116 valence electrons. The van der Waals surface area contributed by atoms with Gasteiger partial charge in [0.1, 0.15) is 5.75 Å². The summed E-state index contributed by atoms with van der Waals surface area (Å²) in [6.07, 6.45) is -3.21. The molecule has 0 aliphatic rings. The van der Waals surface area contributed by atoms with Gasteiger partial charge in [-0.25, -0.2) is 0 Å². The SMILES string of the molecule is COc1cc(C=Nc2ccc(OC(F)(F)F)cc2)ccc1O. The summed E-state index contributed by atoms with van der Waals surface area (Å²) in [7, 11) is 1.43. The number of hydrogen-bond donors (Lipinski definition) is 1. The number of benzene rings is 2. The maximum absolute atomic E-state index is 12.0. The zero-order chi connectivity index (χ0) is 16.2. The Bertz CT molecular complexity index is 667. The highest BCUT2D eigenvalue weighted by atomic mass is 19.4. The molecule has 2 aromatic rings. The molecule has 0 aliphatic carbocycles. The lowest BCUT2D eigenvalue weighted by atomic mass is 10.2. The van der Waals surface area contributed by atoms with Gasteiger partial charge < -0.3 is 14.6 Å². The van der Waals surface area contributed by atoms with Gasteiger partial charge in [-0.3, -0.25) is 4.99 Å². The molecule has 0 atom stereocenters. The fourth-order valence-electron chi connectivity index (χ4n) is 1.66. The number of phenolic OH excluding ortho intramolecular Hbond substituents is 1. The highest BCUT2D eigenvalue weighted by molar-refractivity contribution is 5.83. The van der Waals surface area contributed by atoms with Gasteiger partial charge in [0, 0.05) is 6.21 Å². The van der Waals surface area contributed by atoms with Crippen LogP contribution in [0.25, 0.3) is 0 Å². The highest BCUT2D eigenvalue weighted by Crippen LogP contribution is 2.27. The summed E-state index contributed by atoms with van der Waals surface area (Å²) in [6, 6.07) is 9.82. The molecule has 0 saturated heterocycles. The Morgan fingerprint density at radius 2 is 1.77 bits per heavy atom. The maximum atomic E-state index is 12.0. The van der Waals surface area contributed by atoms with Crippen LogP contribution in [0.4, 0.5) is 18.9 Å². The van der Waals surface area contributed by atoms with Crippen LogP contribution in [0.15, 0.2) is 47.5 Å². The third-order valence-electron chi connectivity index (χ3n) is 2.64. The fourth-order valence-corrected chi connectivity index (χ4v) is 1.66. The first-order valence-corrected chi connectivity index (χ1v) is 6.14. The molecule has 2 rings (SSSR count). The van der Waals surface area contributed by atoms with Crippen molar-refractivity contribution < 1.29 is 27.8 Å². The molecule has 0 spiro atoms. The van der Waals surface area contributed by atoms with Gasteiger partial charge in [-0.15, -0.1) is 13.2 Å². The van der Waals surface area contributed by atoms with Crippen molar-refractivity contribution in [2.75, 3.05) is 7.11 Å². The summed E-state index contributed by atoms with van der Waals surface area (Å²) in [5, 5.41) is 9.47.